The molecule has 2 heterocycles. The average molecular weight is 385 g/mol. The van der Waals surface area contributed by atoms with Crippen LogP contribution < -0.4 is 10.1 Å². The van der Waals surface area contributed by atoms with Crippen LogP contribution >= 0.6 is 22.9 Å². The summed E-state index contributed by atoms with van der Waals surface area (Å²) in [5.74, 6) is 0.427. The summed E-state index contributed by atoms with van der Waals surface area (Å²) in [5.41, 5.74) is 0.989. The highest BCUT2D eigenvalue weighted by Gasteiger charge is 2.14. The smallest absolute Gasteiger partial charge is 0.267 e. The topological polar surface area (TPSA) is 90.4 Å². The molecule has 0 unspecified atom stereocenters. The van der Waals surface area contributed by atoms with E-state index in [-0.39, 0.29) is 11.2 Å². The van der Waals surface area contributed by atoms with Crippen molar-refractivity contribution in [2.24, 2.45) is 0 Å². The zero-order valence-corrected chi connectivity index (χ0v) is 14.6. The first kappa shape index (κ1) is 16.4. The maximum atomic E-state index is 12.8. The number of nitro benzene ring substituents is 1. The highest BCUT2D eigenvalue weighted by atomic mass is 35.5. The molecule has 2 aromatic heterocycles. The first-order valence-corrected chi connectivity index (χ1v) is 8.62. The van der Waals surface area contributed by atoms with Crippen molar-refractivity contribution in [3.05, 3.63) is 84.1 Å². The van der Waals surface area contributed by atoms with Crippen molar-refractivity contribution in [2.45, 2.75) is 0 Å². The summed E-state index contributed by atoms with van der Waals surface area (Å²) in [4.78, 5) is 23.7. The van der Waals surface area contributed by atoms with Crippen LogP contribution in [0.15, 0.2) is 53.3 Å². The van der Waals surface area contributed by atoms with Gasteiger partial charge in [0.25, 0.3) is 11.2 Å². The fraction of sp³-hybridized carbons (Fsp3) is 0. The Kier molecular flexibility index (Phi) is 3.98. The molecule has 4 aromatic rings. The molecule has 9 heteroatoms. The molecule has 0 atom stereocenters. The van der Waals surface area contributed by atoms with Crippen molar-refractivity contribution in [1.29, 1.82) is 0 Å². The second-order valence-electron chi connectivity index (χ2n) is 5.42. The Morgan fingerprint density at radius 2 is 1.92 bits per heavy atom. The van der Waals surface area contributed by atoms with Gasteiger partial charge < -0.3 is 0 Å². The van der Waals surface area contributed by atoms with Crippen molar-refractivity contribution in [1.82, 2.24) is 14.6 Å². The normalized spacial score (nSPS) is 12.0. The van der Waals surface area contributed by atoms with Crippen molar-refractivity contribution in [3.8, 4) is 11.4 Å². The highest BCUT2D eigenvalue weighted by molar-refractivity contribution is 7.15. The second-order valence-corrected chi connectivity index (χ2v) is 6.86. The minimum atomic E-state index is -0.473. The largest absolute Gasteiger partial charge is 0.276 e. The van der Waals surface area contributed by atoms with E-state index in [0.717, 1.165) is 5.56 Å². The number of halogens is 1. The fourth-order valence-electron chi connectivity index (χ4n) is 2.53. The zero-order chi connectivity index (χ0) is 18.3. The summed E-state index contributed by atoms with van der Waals surface area (Å²) < 4.78 is 1.85. The summed E-state index contributed by atoms with van der Waals surface area (Å²) in [6, 6.07) is 13.1. The van der Waals surface area contributed by atoms with Crippen molar-refractivity contribution in [3.63, 3.8) is 0 Å². The van der Waals surface area contributed by atoms with Crippen LogP contribution in [0, 0.1) is 10.1 Å². The first-order valence-electron chi connectivity index (χ1n) is 7.43. The molecule has 0 radical (unpaired) electrons. The molecule has 7 nitrogen and oxygen atoms in total. The van der Waals surface area contributed by atoms with E-state index in [4.69, 9.17) is 11.6 Å². The van der Waals surface area contributed by atoms with Gasteiger partial charge in [-0.3, -0.25) is 14.9 Å². The summed E-state index contributed by atoms with van der Waals surface area (Å²) in [6.07, 6.45) is 1.61. The maximum absolute atomic E-state index is 12.8. The van der Waals surface area contributed by atoms with Crippen LogP contribution in [0.25, 0.3) is 22.4 Å². The molecule has 0 saturated heterocycles. The van der Waals surface area contributed by atoms with E-state index in [2.05, 4.69) is 10.2 Å². The molecule has 0 bridgehead atoms. The van der Waals surface area contributed by atoms with E-state index in [1.54, 1.807) is 42.5 Å². The molecule has 0 aliphatic heterocycles. The van der Waals surface area contributed by atoms with Crippen LogP contribution in [0.5, 0.6) is 0 Å². The van der Waals surface area contributed by atoms with E-state index < -0.39 is 4.92 Å². The van der Waals surface area contributed by atoms with Gasteiger partial charge in [-0.1, -0.05) is 35.1 Å². The van der Waals surface area contributed by atoms with Gasteiger partial charge in [-0.25, -0.2) is 4.40 Å². The number of nitrogens with zero attached hydrogens (tertiary/aromatic N) is 4. The summed E-state index contributed by atoms with van der Waals surface area (Å²) in [6.45, 7) is 0. The van der Waals surface area contributed by atoms with Crippen LogP contribution in [0.3, 0.4) is 0 Å². The number of thiazole rings is 1. The van der Waals surface area contributed by atoms with Gasteiger partial charge in [0, 0.05) is 22.7 Å². The summed E-state index contributed by atoms with van der Waals surface area (Å²) >= 11 is 7.07. The minimum Gasteiger partial charge on any atom is -0.267 e. The fourth-order valence-corrected chi connectivity index (χ4v) is 3.57. The predicted molar refractivity (Wildman–Crippen MR) is 99.5 cm³/mol. The Hall–Kier alpha value is -3.10. The Morgan fingerprint density at radius 3 is 2.65 bits per heavy atom. The van der Waals surface area contributed by atoms with Gasteiger partial charge >= 0.3 is 0 Å². The molecule has 0 spiro atoms. The third kappa shape index (κ3) is 2.85. The summed E-state index contributed by atoms with van der Waals surface area (Å²) in [5, 5.41) is 19.6. The van der Waals surface area contributed by atoms with Crippen LogP contribution in [0.1, 0.15) is 5.56 Å². The lowest BCUT2D eigenvalue weighted by atomic mass is 10.2. The highest BCUT2D eigenvalue weighted by Crippen LogP contribution is 2.20. The molecule has 0 fully saturated rings. The molecule has 128 valence electrons. The van der Waals surface area contributed by atoms with Crippen LogP contribution in [-0.2, 0) is 0 Å². The number of hydrogen-bond acceptors (Lipinski definition) is 6. The maximum Gasteiger partial charge on any atom is 0.276 e. The van der Waals surface area contributed by atoms with Gasteiger partial charge in [-0.2, -0.15) is 0 Å². The monoisotopic (exact) mass is 384 g/mol. The second kappa shape index (κ2) is 6.32. The molecule has 4 rings (SSSR count). The Balaban J connectivity index is 1.87. The molecule has 0 saturated carbocycles. The average Bonchev–Trinajstić information content (AvgIpc) is 3.17. The number of fused-ring (bicyclic) bond motifs is 1. The third-order valence-corrected chi connectivity index (χ3v) is 4.94. The molecule has 2 aromatic carbocycles. The lowest BCUT2D eigenvalue weighted by molar-refractivity contribution is -0.384. The molecule has 0 aliphatic carbocycles. The van der Waals surface area contributed by atoms with Gasteiger partial charge in [0.15, 0.2) is 5.82 Å². The van der Waals surface area contributed by atoms with Gasteiger partial charge in [0.1, 0.15) is 0 Å². The van der Waals surface area contributed by atoms with Gasteiger partial charge in [-0.05, 0) is 35.9 Å². The summed E-state index contributed by atoms with van der Waals surface area (Å²) in [7, 11) is 0. The van der Waals surface area contributed by atoms with Crippen molar-refractivity contribution in [2.75, 3.05) is 0 Å². The number of rotatable bonds is 3. The molecule has 0 N–H and O–H groups in total. The molecular weight excluding hydrogens is 376 g/mol. The minimum absolute atomic E-state index is 0.0314. The lowest BCUT2D eigenvalue weighted by Crippen LogP contribution is -2.23. The third-order valence-electron chi connectivity index (χ3n) is 3.73. The van der Waals surface area contributed by atoms with Crippen molar-refractivity contribution < 1.29 is 4.92 Å². The standard InChI is InChI=1S/C17H9ClN4O3S/c18-12-6-4-11(5-7-12)15-19-20-17-21(15)16(23)14(26-17)9-10-2-1-3-13(8-10)22(24)25/h1-9H. The number of nitro groups is 1. The van der Waals surface area contributed by atoms with E-state index in [1.165, 1.54) is 27.9 Å². The first-order chi connectivity index (χ1) is 12.5. The van der Waals surface area contributed by atoms with Crippen LogP contribution in [0.2, 0.25) is 5.02 Å². The quantitative estimate of drug-likeness (QED) is 0.400. The van der Waals surface area contributed by atoms with Crippen molar-refractivity contribution >= 4 is 39.7 Å². The van der Waals surface area contributed by atoms with Crippen LogP contribution in [0.4, 0.5) is 5.69 Å². The number of non-ortho nitro benzene ring substituents is 1. The number of benzene rings is 2. The van der Waals surface area contributed by atoms with Gasteiger partial charge in [0.2, 0.25) is 4.96 Å². The predicted octanol–water partition coefficient (Wildman–Crippen LogP) is 2.93. The van der Waals surface area contributed by atoms with Gasteiger partial charge in [-0.15, -0.1) is 10.2 Å². The van der Waals surface area contributed by atoms with E-state index in [0.29, 0.717) is 25.9 Å². The zero-order valence-electron chi connectivity index (χ0n) is 13.0. The SMILES string of the molecule is O=c1c(=Cc2cccc([N+](=O)[O-])c2)sc2nnc(-c3ccc(Cl)cc3)n12. The van der Waals surface area contributed by atoms with E-state index >= 15 is 0 Å². The molecule has 26 heavy (non-hydrogen) atoms. The molecule has 0 aliphatic rings. The Morgan fingerprint density at radius 1 is 1.15 bits per heavy atom. The Labute approximate surface area is 155 Å². The number of aromatic nitrogens is 3. The lowest BCUT2D eigenvalue weighted by Gasteiger charge is -1.96. The molecular formula is C17H9ClN4O3S. The van der Waals surface area contributed by atoms with Crippen LogP contribution in [-0.4, -0.2) is 19.5 Å². The van der Waals surface area contributed by atoms with E-state index in [1.807, 2.05) is 0 Å². The molecule has 0 amide bonds. The van der Waals surface area contributed by atoms with Gasteiger partial charge in [0.05, 0.1) is 9.46 Å². The number of hydrogen-bond donors (Lipinski definition) is 0. The Bertz CT molecular complexity index is 1250. The van der Waals surface area contributed by atoms with E-state index in [9.17, 15) is 14.9 Å².